The van der Waals surface area contributed by atoms with Gasteiger partial charge in [-0.2, -0.15) is 0 Å². The van der Waals surface area contributed by atoms with Crippen LogP contribution in [0.15, 0.2) is 30.8 Å². The zero-order chi connectivity index (χ0) is 7.84. The maximum atomic E-state index is 11.1. The molecule has 0 bridgehead atoms. The molecule has 1 aromatic rings. The third kappa shape index (κ3) is 0.759. The van der Waals surface area contributed by atoms with Gasteiger partial charge in [0.05, 0.1) is 0 Å². The van der Waals surface area contributed by atoms with E-state index >= 15 is 0 Å². The Bertz CT molecular complexity index is 308. The van der Waals surface area contributed by atoms with Crippen LogP contribution in [0.5, 0.6) is 0 Å². The second kappa shape index (κ2) is 1.95. The van der Waals surface area contributed by atoms with Gasteiger partial charge in [0.2, 0.25) is 0 Å². The van der Waals surface area contributed by atoms with Crippen LogP contribution in [0.1, 0.15) is 15.9 Å². The number of hydrogen-bond donors (Lipinski definition) is 1. The van der Waals surface area contributed by atoms with Gasteiger partial charge in [-0.15, -0.1) is 0 Å². The van der Waals surface area contributed by atoms with Crippen LogP contribution in [0.3, 0.4) is 0 Å². The van der Waals surface area contributed by atoms with Crippen molar-refractivity contribution in [1.82, 2.24) is 5.32 Å². The van der Waals surface area contributed by atoms with Gasteiger partial charge in [0.25, 0.3) is 5.91 Å². The summed E-state index contributed by atoms with van der Waals surface area (Å²) in [6.45, 7) is 3.71. The lowest BCUT2D eigenvalue weighted by atomic mass is 10.1. The molecule has 0 saturated heterocycles. The fourth-order valence-electron chi connectivity index (χ4n) is 1.22. The van der Waals surface area contributed by atoms with Crippen molar-refractivity contribution in [3.63, 3.8) is 0 Å². The molecule has 2 nitrogen and oxygen atoms in total. The highest BCUT2D eigenvalue weighted by atomic mass is 16.1. The van der Waals surface area contributed by atoms with Gasteiger partial charge in [-0.1, -0.05) is 24.8 Å². The van der Waals surface area contributed by atoms with Crippen LogP contribution in [0, 0.1) is 0 Å². The van der Waals surface area contributed by atoms with Gasteiger partial charge in [0.15, 0.2) is 0 Å². The zero-order valence-electron chi connectivity index (χ0n) is 5.92. The fraction of sp³-hybridized carbons (Fsp3) is 0. The Morgan fingerprint density at radius 2 is 1.82 bits per heavy atom. The molecule has 0 fully saturated rings. The largest absolute Gasteiger partial charge is 0.322 e. The molecule has 0 unspecified atom stereocenters. The number of fused-ring (bicyclic) bond motifs is 1. The summed E-state index contributed by atoms with van der Waals surface area (Å²) in [6, 6.07) is 7.42. The number of carbonyl (C=O) groups is 1. The van der Waals surface area contributed by atoms with Crippen LogP contribution in [0.25, 0.3) is 5.70 Å². The number of hydrogen-bond acceptors (Lipinski definition) is 1. The molecule has 1 aliphatic heterocycles. The van der Waals surface area contributed by atoms with E-state index in [1.807, 2.05) is 18.2 Å². The minimum atomic E-state index is -0.0504. The maximum Gasteiger partial charge on any atom is 0.256 e. The summed E-state index contributed by atoms with van der Waals surface area (Å²) in [7, 11) is 0. The van der Waals surface area contributed by atoms with E-state index in [4.69, 9.17) is 0 Å². The van der Waals surface area contributed by atoms with E-state index in [1.54, 1.807) is 6.07 Å². The highest BCUT2D eigenvalue weighted by Crippen LogP contribution is 2.21. The number of nitrogens with one attached hydrogen (secondary N) is 1. The molecule has 0 radical (unpaired) electrons. The van der Waals surface area contributed by atoms with Gasteiger partial charge in [0, 0.05) is 16.8 Å². The third-order valence-corrected chi connectivity index (χ3v) is 1.76. The van der Waals surface area contributed by atoms with Crippen LogP contribution >= 0.6 is 0 Å². The Hall–Kier alpha value is -1.57. The molecule has 1 aliphatic rings. The standard InChI is InChI=1S/C9H7NO/c1-6-7-4-2-3-5-8(7)9(11)10-6/h2-5H,1H2,(H,10,11). The van der Waals surface area contributed by atoms with E-state index < -0.39 is 0 Å². The molecule has 0 aromatic heterocycles. The topological polar surface area (TPSA) is 29.1 Å². The van der Waals surface area contributed by atoms with E-state index in [0.717, 1.165) is 11.1 Å². The smallest absolute Gasteiger partial charge is 0.256 e. The third-order valence-electron chi connectivity index (χ3n) is 1.76. The Morgan fingerprint density at radius 1 is 1.18 bits per heavy atom. The Labute approximate surface area is 64.5 Å². The number of carbonyl (C=O) groups excluding carboxylic acids is 1. The highest BCUT2D eigenvalue weighted by molar-refractivity contribution is 6.08. The SMILES string of the molecule is C=C1NC(=O)c2ccccc21. The quantitative estimate of drug-likeness (QED) is 0.587. The van der Waals surface area contributed by atoms with Crippen molar-refractivity contribution >= 4 is 11.6 Å². The van der Waals surface area contributed by atoms with E-state index in [-0.39, 0.29) is 5.91 Å². The Balaban J connectivity index is 2.69. The van der Waals surface area contributed by atoms with Crippen molar-refractivity contribution < 1.29 is 4.79 Å². The molecular formula is C9H7NO. The highest BCUT2D eigenvalue weighted by Gasteiger charge is 2.20. The van der Waals surface area contributed by atoms with Crippen molar-refractivity contribution in [2.75, 3.05) is 0 Å². The Kier molecular flexibility index (Phi) is 1.09. The molecule has 1 aromatic carbocycles. The monoisotopic (exact) mass is 145 g/mol. The normalized spacial score (nSPS) is 14.5. The van der Waals surface area contributed by atoms with Crippen molar-refractivity contribution in [2.24, 2.45) is 0 Å². The summed E-state index contributed by atoms with van der Waals surface area (Å²) in [6.07, 6.45) is 0. The molecule has 0 aliphatic carbocycles. The number of benzene rings is 1. The molecule has 11 heavy (non-hydrogen) atoms. The lowest BCUT2D eigenvalue weighted by molar-refractivity contribution is 0.0981. The molecule has 0 atom stereocenters. The van der Waals surface area contributed by atoms with Crippen LogP contribution < -0.4 is 5.32 Å². The maximum absolute atomic E-state index is 11.1. The molecular weight excluding hydrogens is 138 g/mol. The Morgan fingerprint density at radius 3 is 2.45 bits per heavy atom. The molecule has 54 valence electrons. The van der Waals surface area contributed by atoms with Crippen molar-refractivity contribution in [2.45, 2.75) is 0 Å². The lowest BCUT2D eigenvalue weighted by Gasteiger charge is -1.92. The minimum Gasteiger partial charge on any atom is -0.322 e. The van der Waals surface area contributed by atoms with Crippen LogP contribution in [-0.2, 0) is 0 Å². The minimum absolute atomic E-state index is 0.0504. The summed E-state index contributed by atoms with van der Waals surface area (Å²) in [5, 5.41) is 2.65. The molecule has 0 saturated carbocycles. The molecule has 1 N–H and O–H groups in total. The summed E-state index contributed by atoms with van der Waals surface area (Å²) in [5.41, 5.74) is 2.33. The molecule has 2 rings (SSSR count). The van der Waals surface area contributed by atoms with Crippen LogP contribution in [-0.4, -0.2) is 5.91 Å². The van der Waals surface area contributed by atoms with Gasteiger partial charge >= 0.3 is 0 Å². The average Bonchev–Trinajstić information content (AvgIpc) is 2.30. The molecule has 1 amide bonds. The van der Waals surface area contributed by atoms with Crippen molar-refractivity contribution in [3.05, 3.63) is 42.0 Å². The predicted molar refractivity (Wildman–Crippen MR) is 42.9 cm³/mol. The van der Waals surface area contributed by atoms with E-state index in [1.165, 1.54) is 0 Å². The second-order valence-electron chi connectivity index (χ2n) is 2.48. The molecule has 2 heteroatoms. The van der Waals surface area contributed by atoms with Gasteiger partial charge in [-0.3, -0.25) is 4.79 Å². The predicted octanol–water partition coefficient (Wildman–Crippen LogP) is 1.40. The number of rotatable bonds is 0. The first-order valence-corrected chi connectivity index (χ1v) is 3.39. The summed E-state index contributed by atoms with van der Waals surface area (Å²) in [5.74, 6) is -0.0504. The zero-order valence-corrected chi connectivity index (χ0v) is 5.92. The first-order valence-electron chi connectivity index (χ1n) is 3.39. The van der Waals surface area contributed by atoms with Gasteiger partial charge in [0.1, 0.15) is 0 Å². The van der Waals surface area contributed by atoms with Gasteiger partial charge in [-0.05, 0) is 6.07 Å². The first-order chi connectivity index (χ1) is 5.29. The van der Waals surface area contributed by atoms with E-state index in [0.29, 0.717) is 5.70 Å². The van der Waals surface area contributed by atoms with Gasteiger partial charge in [-0.25, -0.2) is 0 Å². The molecule has 1 heterocycles. The molecule has 0 spiro atoms. The van der Waals surface area contributed by atoms with Crippen molar-refractivity contribution in [1.29, 1.82) is 0 Å². The lowest BCUT2D eigenvalue weighted by Crippen LogP contribution is -2.11. The summed E-state index contributed by atoms with van der Waals surface area (Å²) < 4.78 is 0. The first kappa shape index (κ1) is 6.16. The van der Waals surface area contributed by atoms with Crippen molar-refractivity contribution in [3.8, 4) is 0 Å². The summed E-state index contributed by atoms with van der Waals surface area (Å²) in [4.78, 5) is 11.1. The van der Waals surface area contributed by atoms with Gasteiger partial charge < -0.3 is 5.32 Å². The van der Waals surface area contributed by atoms with E-state index in [2.05, 4.69) is 11.9 Å². The fourth-order valence-corrected chi connectivity index (χ4v) is 1.22. The van der Waals surface area contributed by atoms with Crippen LogP contribution in [0.4, 0.5) is 0 Å². The second-order valence-corrected chi connectivity index (χ2v) is 2.48. The van der Waals surface area contributed by atoms with Crippen LogP contribution in [0.2, 0.25) is 0 Å². The average molecular weight is 145 g/mol. The number of amides is 1. The van der Waals surface area contributed by atoms with E-state index in [9.17, 15) is 4.79 Å². The summed E-state index contributed by atoms with van der Waals surface area (Å²) >= 11 is 0.